The van der Waals surface area contributed by atoms with Crippen LogP contribution in [0.25, 0.3) is 15.9 Å². The number of benzene rings is 1. The molecule has 8 nitrogen and oxygen atoms in total. The Kier molecular flexibility index (Phi) is 6.15. The lowest BCUT2D eigenvalue weighted by molar-refractivity contribution is 0.0214. The second-order valence-electron chi connectivity index (χ2n) is 10.9. The standard InChI is InChI=1S/C27H29ClN6O2S/c1-27(2,3)36-26(35)33-14-18-13-19(28)10-11-20(18)34-22(15-33)30-31-25(34)17-8-6-16(7-9-17)23-24-21(37-32-23)5-4-12-29-24/h4-5,10-13,16-17H,6-9,14-15H2,1-3H3. The van der Waals surface area contributed by atoms with Gasteiger partial charge in [0.2, 0.25) is 0 Å². The van der Waals surface area contributed by atoms with E-state index in [2.05, 4.69) is 25.8 Å². The van der Waals surface area contributed by atoms with E-state index in [1.54, 1.807) is 4.90 Å². The first kappa shape index (κ1) is 24.3. The zero-order valence-corrected chi connectivity index (χ0v) is 22.7. The topological polar surface area (TPSA) is 86.0 Å². The van der Waals surface area contributed by atoms with Crippen LogP contribution in [0.2, 0.25) is 5.02 Å². The molecule has 192 valence electrons. The molecule has 0 atom stereocenters. The highest BCUT2D eigenvalue weighted by molar-refractivity contribution is 7.13. The summed E-state index contributed by atoms with van der Waals surface area (Å²) in [4.78, 5) is 19.3. The molecule has 1 aromatic carbocycles. The van der Waals surface area contributed by atoms with E-state index in [4.69, 9.17) is 20.7 Å². The van der Waals surface area contributed by atoms with Gasteiger partial charge in [0, 0.05) is 23.1 Å². The van der Waals surface area contributed by atoms with Crippen LogP contribution in [0.4, 0.5) is 4.79 Å². The molecule has 3 aromatic heterocycles. The molecule has 0 spiro atoms. The number of fused-ring (bicyclic) bond motifs is 4. The van der Waals surface area contributed by atoms with Crippen LogP contribution in [0, 0.1) is 0 Å². The Morgan fingerprint density at radius 2 is 1.86 bits per heavy atom. The summed E-state index contributed by atoms with van der Waals surface area (Å²) in [6.07, 6.45) is 5.52. The quantitative estimate of drug-likeness (QED) is 0.286. The third-order valence-electron chi connectivity index (χ3n) is 7.12. The summed E-state index contributed by atoms with van der Waals surface area (Å²) < 4.78 is 13.7. The predicted molar refractivity (Wildman–Crippen MR) is 143 cm³/mol. The van der Waals surface area contributed by atoms with Gasteiger partial charge in [-0.3, -0.25) is 14.5 Å². The molecule has 0 radical (unpaired) electrons. The molecule has 0 N–H and O–H groups in total. The van der Waals surface area contributed by atoms with Crippen LogP contribution in [0.5, 0.6) is 0 Å². The van der Waals surface area contributed by atoms with Crippen molar-refractivity contribution in [3.63, 3.8) is 0 Å². The predicted octanol–water partition coefficient (Wildman–Crippen LogP) is 6.62. The molecule has 2 aliphatic rings. The number of hydrogen-bond acceptors (Lipinski definition) is 7. The van der Waals surface area contributed by atoms with Crippen molar-refractivity contribution in [2.24, 2.45) is 0 Å². The van der Waals surface area contributed by atoms with E-state index < -0.39 is 5.60 Å². The van der Waals surface area contributed by atoms with Gasteiger partial charge in [0.1, 0.15) is 16.9 Å². The van der Waals surface area contributed by atoms with E-state index in [1.807, 2.05) is 51.2 Å². The zero-order chi connectivity index (χ0) is 25.7. The first-order chi connectivity index (χ1) is 17.8. The van der Waals surface area contributed by atoms with Gasteiger partial charge in [-0.1, -0.05) is 11.6 Å². The molecule has 1 aliphatic carbocycles. The summed E-state index contributed by atoms with van der Waals surface area (Å²) in [5.41, 5.74) is 3.51. The van der Waals surface area contributed by atoms with E-state index in [1.165, 1.54) is 11.5 Å². The van der Waals surface area contributed by atoms with Gasteiger partial charge in [-0.15, -0.1) is 10.2 Å². The highest BCUT2D eigenvalue weighted by Crippen LogP contribution is 2.43. The first-order valence-electron chi connectivity index (χ1n) is 12.7. The summed E-state index contributed by atoms with van der Waals surface area (Å²) in [6.45, 7) is 6.32. The number of rotatable bonds is 2. The maximum absolute atomic E-state index is 13.0. The molecule has 0 bridgehead atoms. The first-order valence-corrected chi connectivity index (χ1v) is 13.8. The maximum atomic E-state index is 13.0. The van der Waals surface area contributed by atoms with Crippen LogP contribution >= 0.6 is 23.1 Å². The maximum Gasteiger partial charge on any atom is 0.411 e. The fourth-order valence-electron chi connectivity index (χ4n) is 5.44. The molecule has 4 heterocycles. The Labute approximate surface area is 224 Å². The van der Waals surface area contributed by atoms with Crippen molar-refractivity contribution in [3.8, 4) is 5.69 Å². The number of nitrogens with zero attached hydrogens (tertiary/aromatic N) is 6. The van der Waals surface area contributed by atoms with Crippen LogP contribution < -0.4 is 0 Å². The average Bonchev–Trinajstić information content (AvgIpc) is 3.43. The molecule has 0 unspecified atom stereocenters. The third kappa shape index (κ3) is 4.70. The number of aromatic nitrogens is 5. The summed E-state index contributed by atoms with van der Waals surface area (Å²) in [7, 11) is 0. The second kappa shape index (κ2) is 9.36. The van der Waals surface area contributed by atoms with Crippen molar-refractivity contribution in [2.45, 2.75) is 77.0 Å². The number of halogens is 1. The minimum absolute atomic E-state index is 0.270. The fraction of sp³-hybridized carbons (Fsp3) is 0.444. The number of pyridine rings is 1. The van der Waals surface area contributed by atoms with Crippen molar-refractivity contribution in [1.82, 2.24) is 29.0 Å². The normalized spacial score (nSPS) is 19.8. The van der Waals surface area contributed by atoms with Gasteiger partial charge in [-0.25, -0.2) is 4.79 Å². The lowest BCUT2D eigenvalue weighted by atomic mass is 9.80. The second-order valence-corrected chi connectivity index (χ2v) is 12.1. The average molecular weight is 537 g/mol. The van der Waals surface area contributed by atoms with E-state index in [-0.39, 0.29) is 12.0 Å². The highest BCUT2D eigenvalue weighted by atomic mass is 35.5. The molecule has 10 heteroatoms. The van der Waals surface area contributed by atoms with Gasteiger partial charge in [-0.05, 0) is 93.9 Å². The molecule has 1 amide bonds. The summed E-state index contributed by atoms with van der Waals surface area (Å²) >= 11 is 7.91. The van der Waals surface area contributed by atoms with E-state index >= 15 is 0 Å². The van der Waals surface area contributed by atoms with Crippen LogP contribution in [0.3, 0.4) is 0 Å². The summed E-state index contributed by atoms with van der Waals surface area (Å²) in [5, 5.41) is 9.86. The minimum atomic E-state index is -0.587. The van der Waals surface area contributed by atoms with E-state index in [0.717, 1.165) is 64.5 Å². The lowest BCUT2D eigenvalue weighted by Gasteiger charge is -2.27. The largest absolute Gasteiger partial charge is 0.444 e. The van der Waals surface area contributed by atoms with Gasteiger partial charge in [0.25, 0.3) is 0 Å². The van der Waals surface area contributed by atoms with Crippen molar-refractivity contribution in [2.75, 3.05) is 0 Å². The Morgan fingerprint density at radius 3 is 2.65 bits per heavy atom. The highest BCUT2D eigenvalue weighted by Gasteiger charge is 2.34. The van der Waals surface area contributed by atoms with Crippen LogP contribution in [-0.4, -0.2) is 40.7 Å². The van der Waals surface area contributed by atoms with Gasteiger partial charge in [0.15, 0.2) is 5.82 Å². The van der Waals surface area contributed by atoms with Gasteiger partial charge >= 0.3 is 6.09 Å². The SMILES string of the molecule is CC(C)(C)OC(=O)N1Cc2cc(Cl)ccc2-n2c(nnc2C2CCC(c3nsc4cccnc34)CC2)C1. The monoisotopic (exact) mass is 536 g/mol. The van der Waals surface area contributed by atoms with Crippen molar-refractivity contribution in [1.29, 1.82) is 0 Å². The molecular formula is C27H29ClN6O2S. The lowest BCUT2D eigenvalue weighted by Crippen LogP contribution is -2.35. The van der Waals surface area contributed by atoms with Gasteiger partial charge in [-0.2, -0.15) is 4.37 Å². The fourth-order valence-corrected chi connectivity index (χ4v) is 6.45. The molecule has 6 rings (SSSR count). The minimum Gasteiger partial charge on any atom is -0.444 e. The van der Waals surface area contributed by atoms with Crippen molar-refractivity contribution >= 4 is 39.4 Å². The van der Waals surface area contributed by atoms with Gasteiger partial charge in [0.05, 0.1) is 29.2 Å². The Hall–Kier alpha value is -3.04. The van der Waals surface area contributed by atoms with E-state index in [0.29, 0.717) is 24.0 Å². The van der Waals surface area contributed by atoms with Crippen LogP contribution in [0.1, 0.15) is 81.2 Å². The Bertz CT molecular complexity index is 1470. The number of ether oxygens (including phenoxy) is 1. The molecule has 4 aromatic rings. The van der Waals surface area contributed by atoms with Crippen molar-refractivity contribution < 1.29 is 9.53 Å². The number of amides is 1. The van der Waals surface area contributed by atoms with E-state index in [9.17, 15) is 4.79 Å². The Balaban J connectivity index is 1.29. The summed E-state index contributed by atoms with van der Waals surface area (Å²) in [6, 6.07) is 9.86. The smallest absolute Gasteiger partial charge is 0.411 e. The molecular weight excluding hydrogens is 508 g/mol. The molecule has 1 saturated carbocycles. The van der Waals surface area contributed by atoms with Crippen LogP contribution in [0.15, 0.2) is 36.5 Å². The van der Waals surface area contributed by atoms with Crippen molar-refractivity contribution in [3.05, 3.63) is 64.5 Å². The number of hydrogen-bond donors (Lipinski definition) is 0. The molecule has 0 saturated heterocycles. The zero-order valence-electron chi connectivity index (χ0n) is 21.1. The Morgan fingerprint density at radius 1 is 1.08 bits per heavy atom. The molecule has 1 aliphatic heterocycles. The van der Waals surface area contributed by atoms with Gasteiger partial charge < -0.3 is 4.74 Å². The molecule has 1 fully saturated rings. The third-order valence-corrected chi connectivity index (χ3v) is 8.17. The number of carbonyl (C=O) groups excluding carboxylic acids is 1. The molecule has 37 heavy (non-hydrogen) atoms. The number of carbonyl (C=O) groups is 1. The summed E-state index contributed by atoms with van der Waals surface area (Å²) in [5.74, 6) is 2.36. The van der Waals surface area contributed by atoms with Crippen LogP contribution in [-0.2, 0) is 17.8 Å².